The van der Waals surface area contributed by atoms with Crippen molar-refractivity contribution in [1.29, 1.82) is 0 Å². The number of carbonyl (C=O) groups is 1. The van der Waals surface area contributed by atoms with Gasteiger partial charge in [0.1, 0.15) is 0 Å². The van der Waals surface area contributed by atoms with E-state index in [1.807, 2.05) is 35.0 Å². The molecule has 0 aromatic heterocycles. The van der Waals surface area contributed by atoms with Crippen LogP contribution in [-0.2, 0) is 4.74 Å². The number of carbonyl (C=O) groups excluding carboxylic acids is 1. The van der Waals surface area contributed by atoms with Gasteiger partial charge >= 0.3 is 6.03 Å². The highest BCUT2D eigenvalue weighted by atomic mass is 16.5. The second-order valence-corrected chi connectivity index (χ2v) is 6.52. The zero-order chi connectivity index (χ0) is 16.2. The molecule has 0 radical (unpaired) electrons. The van der Waals surface area contributed by atoms with Crippen LogP contribution < -0.4 is 0 Å². The zero-order valence-electron chi connectivity index (χ0n) is 14.0. The summed E-state index contributed by atoms with van der Waals surface area (Å²) in [6.07, 6.45) is 6.60. The molecule has 2 heterocycles. The quantitative estimate of drug-likeness (QED) is 0.797. The van der Waals surface area contributed by atoms with E-state index in [2.05, 4.69) is 31.2 Å². The van der Waals surface area contributed by atoms with Crippen molar-refractivity contribution < 1.29 is 9.53 Å². The maximum absolute atomic E-state index is 12.6. The van der Waals surface area contributed by atoms with Crippen LogP contribution >= 0.6 is 0 Å². The molecule has 2 aliphatic rings. The van der Waals surface area contributed by atoms with E-state index in [0.29, 0.717) is 12.5 Å². The highest BCUT2D eigenvalue weighted by Crippen LogP contribution is 2.34. The summed E-state index contributed by atoms with van der Waals surface area (Å²) in [5.41, 5.74) is 1.21. The molecular weight excluding hydrogens is 288 g/mol. The van der Waals surface area contributed by atoms with Crippen LogP contribution in [-0.4, -0.2) is 48.7 Å². The molecule has 3 rings (SSSR count). The SMILES string of the molecule is C[C@H]1[C@@H](c2ccccc2)N(C/C=C/C2CCOCC2)C(=O)N1C. The lowest BCUT2D eigenvalue weighted by Crippen LogP contribution is -2.31. The number of rotatable bonds is 4. The first-order valence-corrected chi connectivity index (χ1v) is 8.51. The van der Waals surface area contributed by atoms with E-state index < -0.39 is 0 Å². The van der Waals surface area contributed by atoms with Crippen LogP contribution in [0, 0.1) is 5.92 Å². The summed E-state index contributed by atoms with van der Waals surface area (Å²) in [4.78, 5) is 16.4. The van der Waals surface area contributed by atoms with Crippen LogP contribution in [0.15, 0.2) is 42.5 Å². The Hall–Kier alpha value is -1.81. The third-order valence-electron chi connectivity index (χ3n) is 5.07. The van der Waals surface area contributed by atoms with Gasteiger partial charge in [-0.25, -0.2) is 4.79 Å². The molecule has 0 N–H and O–H groups in total. The molecule has 1 aromatic carbocycles. The van der Waals surface area contributed by atoms with Crippen molar-refractivity contribution in [2.24, 2.45) is 5.92 Å². The first-order valence-electron chi connectivity index (χ1n) is 8.51. The maximum atomic E-state index is 12.6. The van der Waals surface area contributed by atoms with Crippen LogP contribution in [0.1, 0.15) is 31.4 Å². The molecule has 2 aliphatic heterocycles. The van der Waals surface area contributed by atoms with Crippen molar-refractivity contribution in [3.8, 4) is 0 Å². The molecule has 0 bridgehead atoms. The van der Waals surface area contributed by atoms with E-state index in [1.165, 1.54) is 5.56 Å². The van der Waals surface area contributed by atoms with Crippen molar-refractivity contribution in [2.75, 3.05) is 26.8 Å². The number of ether oxygens (including phenoxy) is 1. The lowest BCUT2D eigenvalue weighted by atomic mass is 9.99. The fourth-order valence-corrected chi connectivity index (χ4v) is 3.54. The largest absolute Gasteiger partial charge is 0.381 e. The summed E-state index contributed by atoms with van der Waals surface area (Å²) in [6.45, 7) is 4.50. The highest BCUT2D eigenvalue weighted by Gasteiger charge is 2.41. The van der Waals surface area contributed by atoms with Gasteiger partial charge in [-0.2, -0.15) is 0 Å². The van der Waals surface area contributed by atoms with E-state index in [0.717, 1.165) is 26.1 Å². The van der Waals surface area contributed by atoms with Gasteiger partial charge in [-0.05, 0) is 31.2 Å². The number of benzene rings is 1. The Kier molecular flexibility index (Phi) is 5.01. The van der Waals surface area contributed by atoms with E-state index in [9.17, 15) is 4.79 Å². The Bertz CT molecular complexity index is 552. The molecule has 2 fully saturated rings. The molecule has 2 atom stereocenters. The van der Waals surface area contributed by atoms with Gasteiger partial charge < -0.3 is 14.5 Å². The van der Waals surface area contributed by atoms with Crippen molar-refractivity contribution in [1.82, 2.24) is 9.80 Å². The smallest absolute Gasteiger partial charge is 0.320 e. The molecule has 0 aliphatic carbocycles. The van der Waals surface area contributed by atoms with Crippen LogP contribution in [0.5, 0.6) is 0 Å². The van der Waals surface area contributed by atoms with Crippen molar-refractivity contribution in [2.45, 2.75) is 31.8 Å². The third-order valence-corrected chi connectivity index (χ3v) is 5.07. The maximum Gasteiger partial charge on any atom is 0.320 e. The Labute approximate surface area is 138 Å². The molecule has 0 saturated carbocycles. The molecule has 0 unspecified atom stereocenters. The minimum absolute atomic E-state index is 0.114. The number of likely N-dealkylation sites (N-methyl/N-ethyl adjacent to an activating group) is 1. The molecule has 23 heavy (non-hydrogen) atoms. The van der Waals surface area contributed by atoms with Gasteiger partial charge in [0, 0.05) is 26.8 Å². The van der Waals surface area contributed by atoms with Crippen LogP contribution in [0.25, 0.3) is 0 Å². The summed E-state index contributed by atoms with van der Waals surface area (Å²) < 4.78 is 5.39. The molecule has 2 saturated heterocycles. The van der Waals surface area contributed by atoms with Crippen molar-refractivity contribution >= 4 is 6.03 Å². The second kappa shape index (κ2) is 7.18. The lowest BCUT2D eigenvalue weighted by Gasteiger charge is -2.25. The van der Waals surface area contributed by atoms with Gasteiger partial charge in [-0.15, -0.1) is 0 Å². The van der Waals surface area contributed by atoms with Gasteiger partial charge in [-0.3, -0.25) is 0 Å². The van der Waals surface area contributed by atoms with Gasteiger partial charge in [0.15, 0.2) is 0 Å². The molecule has 2 amide bonds. The fourth-order valence-electron chi connectivity index (χ4n) is 3.54. The lowest BCUT2D eigenvalue weighted by molar-refractivity contribution is 0.0784. The first-order chi connectivity index (χ1) is 11.2. The summed E-state index contributed by atoms with van der Waals surface area (Å²) >= 11 is 0. The summed E-state index contributed by atoms with van der Waals surface area (Å²) in [7, 11) is 1.89. The number of hydrogen-bond acceptors (Lipinski definition) is 2. The average molecular weight is 314 g/mol. The average Bonchev–Trinajstić information content (AvgIpc) is 2.81. The minimum atomic E-state index is 0.114. The summed E-state index contributed by atoms with van der Waals surface area (Å²) in [5, 5.41) is 0. The van der Waals surface area contributed by atoms with E-state index in [-0.39, 0.29) is 18.1 Å². The predicted molar refractivity (Wildman–Crippen MR) is 91.2 cm³/mol. The van der Waals surface area contributed by atoms with E-state index in [1.54, 1.807) is 0 Å². The van der Waals surface area contributed by atoms with Crippen LogP contribution in [0.3, 0.4) is 0 Å². The second-order valence-electron chi connectivity index (χ2n) is 6.52. The number of amides is 2. The standard InChI is InChI=1S/C19H26N2O2/c1-15-18(17-8-4-3-5-9-17)21(19(22)20(15)2)12-6-7-16-10-13-23-14-11-16/h3-9,15-16,18H,10-14H2,1-2H3/b7-6+/t15-,18-/m0/s1. The Balaban J connectivity index is 1.72. The summed E-state index contributed by atoms with van der Waals surface area (Å²) in [6, 6.07) is 10.7. The zero-order valence-corrected chi connectivity index (χ0v) is 14.0. The third kappa shape index (κ3) is 3.42. The normalized spacial score (nSPS) is 26.4. The Morgan fingerprint density at radius 2 is 1.91 bits per heavy atom. The van der Waals surface area contributed by atoms with Gasteiger partial charge in [0.05, 0.1) is 12.1 Å². The first kappa shape index (κ1) is 16.1. The van der Waals surface area contributed by atoms with Gasteiger partial charge in [0.25, 0.3) is 0 Å². The molecule has 4 heteroatoms. The summed E-state index contributed by atoms with van der Waals surface area (Å²) in [5.74, 6) is 0.590. The van der Waals surface area contributed by atoms with Crippen LogP contribution in [0.4, 0.5) is 4.79 Å². The van der Waals surface area contributed by atoms with E-state index in [4.69, 9.17) is 4.74 Å². The molecule has 1 aromatic rings. The Morgan fingerprint density at radius 3 is 2.61 bits per heavy atom. The molecule has 124 valence electrons. The fraction of sp³-hybridized carbons (Fsp3) is 0.526. The van der Waals surface area contributed by atoms with Gasteiger partial charge in [-0.1, -0.05) is 42.5 Å². The van der Waals surface area contributed by atoms with Gasteiger partial charge in [0.2, 0.25) is 0 Å². The number of nitrogens with zero attached hydrogens (tertiary/aromatic N) is 2. The number of urea groups is 1. The molecule has 0 spiro atoms. The monoisotopic (exact) mass is 314 g/mol. The molecule has 4 nitrogen and oxygen atoms in total. The molecular formula is C19H26N2O2. The van der Waals surface area contributed by atoms with E-state index >= 15 is 0 Å². The van der Waals surface area contributed by atoms with Crippen molar-refractivity contribution in [3.63, 3.8) is 0 Å². The minimum Gasteiger partial charge on any atom is -0.381 e. The Morgan fingerprint density at radius 1 is 1.22 bits per heavy atom. The predicted octanol–water partition coefficient (Wildman–Crippen LogP) is 3.47. The number of hydrogen-bond donors (Lipinski definition) is 0. The van der Waals surface area contributed by atoms with Crippen molar-refractivity contribution in [3.05, 3.63) is 48.0 Å². The topological polar surface area (TPSA) is 32.8 Å². The number of allylic oxidation sites excluding steroid dienone is 1. The highest BCUT2D eigenvalue weighted by molar-refractivity contribution is 5.78. The van der Waals surface area contributed by atoms with Crippen LogP contribution in [0.2, 0.25) is 0 Å².